The van der Waals surface area contributed by atoms with Crippen LogP contribution in [0.2, 0.25) is 0 Å². The van der Waals surface area contributed by atoms with Crippen LogP contribution in [-0.2, 0) is 12.5 Å². The van der Waals surface area contributed by atoms with Gasteiger partial charge in [0.2, 0.25) is 5.95 Å². The van der Waals surface area contributed by atoms with Gasteiger partial charge in [0.1, 0.15) is 0 Å². The summed E-state index contributed by atoms with van der Waals surface area (Å²) in [6.07, 6.45) is 2.01. The first-order chi connectivity index (χ1) is 8.36. The molecule has 0 atom stereocenters. The van der Waals surface area contributed by atoms with Crippen LogP contribution in [0.3, 0.4) is 0 Å². The van der Waals surface area contributed by atoms with Crippen LogP contribution in [0.15, 0.2) is 30.5 Å². The summed E-state index contributed by atoms with van der Waals surface area (Å²) in [5.74, 6) is 0.871. The summed E-state index contributed by atoms with van der Waals surface area (Å²) < 4.78 is 1.99. The molecule has 1 aromatic heterocycles. The van der Waals surface area contributed by atoms with Crippen molar-refractivity contribution in [1.82, 2.24) is 9.55 Å². The Bertz CT molecular complexity index is 530. The number of rotatable bonds is 2. The van der Waals surface area contributed by atoms with Gasteiger partial charge in [-0.25, -0.2) is 4.98 Å². The second-order valence-electron chi connectivity index (χ2n) is 5.77. The quantitative estimate of drug-likeness (QED) is 0.870. The van der Waals surface area contributed by atoms with Crippen molar-refractivity contribution in [3.05, 3.63) is 41.7 Å². The Balaban J connectivity index is 2.18. The van der Waals surface area contributed by atoms with Gasteiger partial charge in [0.15, 0.2) is 0 Å². The van der Waals surface area contributed by atoms with Crippen molar-refractivity contribution in [1.29, 1.82) is 0 Å². The van der Waals surface area contributed by atoms with Crippen molar-refractivity contribution in [3.8, 4) is 0 Å². The van der Waals surface area contributed by atoms with E-state index in [1.165, 1.54) is 5.56 Å². The molecule has 1 aromatic carbocycles. The van der Waals surface area contributed by atoms with Gasteiger partial charge in [-0.15, -0.1) is 0 Å². The average Bonchev–Trinajstić information content (AvgIpc) is 2.57. The van der Waals surface area contributed by atoms with E-state index < -0.39 is 0 Å². The molecular formula is C15H21N3. The van der Waals surface area contributed by atoms with E-state index in [1.807, 2.05) is 24.7 Å². The number of benzene rings is 1. The van der Waals surface area contributed by atoms with Crippen LogP contribution >= 0.6 is 0 Å². The van der Waals surface area contributed by atoms with E-state index >= 15 is 0 Å². The summed E-state index contributed by atoms with van der Waals surface area (Å²) in [6.45, 7) is 8.65. The van der Waals surface area contributed by atoms with Crippen LogP contribution in [0.25, 0.3) is 0 Å². The second-order valence-corrected chi connectivity index (χ2v) is 5.77. The van der Waals surface area contributed by atoms with Crippen LogP contribution in [0.1, 0.15) is 32.0 Å². The monoisotopic (exact) mass is 243 g/mol. The summed E-state index contributed by atoms with van der Waals surface area (Å²) in [4.78, 5) is 4.43. The molecule has 0 aliphatic rings. The molecule has 3 heteroatoms. The number of imidazole rings is 1. The van der Waals surface area contributed by atoms with Crippen molar-refractivity contribution in [2.45, 2.75) is 33.1 Å². The molecule has 0 amide bonds. The summed E-state index contributed by atoms with van der Waals surface area (Å²) in [5.41, 5.74) is 3.62. The van der Waals surface area contributed by atoms with Crippen LogP contribution in [0.5, 0.6) is 0 Å². The maximum atomic E-state index is 4.43. The minimum Gasteiger partial charge on any atom is -0.326 e. The molecule has 0 spiro atoms. The molecule has 2 rings (SSSR count). The molecule has 96 valence electrons. The summed E-state index contributed by atoms with van der Waals surface area (Å²) >= 11 is 0. The van der Waals surface area contributed by atoms with Gasteiger partial charge in [-0.05, 0) is 30.0 Å². The topological polar surface area (TPSA) is 29.9 Å². The number of hydrogen-bond acceptors (Lipinski definition) is 2. The summed E-state index contributed by atoms with van der Waals surface area (Å²) in [7, 11) is 1.99. The fraction of sp³-hybridized carbons (Fsp3) is 0.400. The summed E-state index contributed by atoms with van der Waals surface area (Å²) in [6, 6.07) is 8.53. The molecule has 18 heavy (non-hydrogen) atoms. The van der Waals surface area contributed by atoms with E-state index in [4.69, 9.17) is 0 Å². The third kappa shape index (κ3) is 2.73. The highest BCUT2D eigenvalue weighted by atomic mass is 15.2. The molecule has 1 N–H and O–H groups in total. The Morgan fingerprint density at radius 1 is 1.11 bits per heavy atom. The Labute approximate surface area is 109 Å². The van der Waals surface area contributed by atoms with Crippen LogP contribution in [0.4, 0.5) is 11.6 Å². The van der Waals surface area contributed by atoms with Crippen LogP contribution in [-0.4, -0.2) is 9.55 Å². The Kier molecular flexibility index (Phi) is 3.16. The number of aromatic nitrogens is 2. The molecular weight excluding hydrogens is 222 g/mol. The smallest absolute Gasteiger partial charge is 0.207 e. The maximum absolute atomic E-state index is 4.43. The highest BCUT2D eigenvalue weighted by Gasteiger charge is 2.13. The first kappa shape index (κ1) is 12.7. The highest BCUT2D eigenvalue weighted by molar-refractivity contribution is 5.54. The molecule has 0 bridgehead atoms. The Morgan fingerprint density at radius 2 is 1.72 bits per heavy atom. The molecule has 0 aliphatic heterocycles. The zero-order valence-corrected chi connectivity index (χ0v) is 11.8. The normalized spacial score (nSPS) is 11.6. The van der Waals surface area contributed by atoms with Gasteiger partial charge in [-0.1, -0.05) is 32.9 Å². The molecule has 0 radical (unpaired) electrons. The zero-order chi connectivity index (χ0) is 13.3. The molecule has 2 aromatic rings. The third-order valence-corrected chi connectivity index (χ3v) is 3.00. The summed E-state index contributed by atoms with van der Waals surface area (Å²) in [5, 5.41) is 3.32. The number of anilines is 2. The van der Waals surface area contributed by atoms with E-state index in [1.54, 1.807) is 0 Å². The molecule has 0 aliphatic carbocycles. The van der Waals surface area contributed by atoms with E-state index in [-0.39, 0.29) is 5.41 Å². The predicted octanol–water partition coefficient (Wildman–Crippen LogP) is 3.77. The van der Waals surface area contributed by atoms with E-state index in [2.05, 4.69) is 55.3 Å². The minimum absolute atomic E-state index is 0.193. The number of nitrogens with one attached hydrogen (secondary N) is 1. The number of hydrogen-bond donors (Lipinski definition) is 1. The van der Waals surface area contributed by atoms with E-state index in [0.29, 0.717) is 0 Å². The zero-order valence-electron chi connectivity index (χ0n) is 11.8. The second kappa shape index (κ2) is 4.48. The lowest BCUT2D eigenvalue weighted by Crippen LogP contribution is -2.10. The molecule has 0 unspecified atom stereocenters. The molecule has 3 nitrogen and oxygen atoms in total. The lowest BCUT2D eigenvalue weighted by molar-refractivity contribution is 0.590. The number of nitrogens with zero attached hydrogens (tertiary/aromatic N) is 2. The predicted molar refractivity (Wildman–Crippen MR) is 76.4 cm³/mol. The maximum Gasteiger partial charge on any atom is 0.207 e. The van der Waals surface area contributed by atoms with Gasteiger partial charge < -0.3 is 9.88 Å². The highest BCUT2D eigenvalue weighted by Crippen LogP contribution is 2.24. The van der Waals surface area contributed by atoms with Crippen LogP contribution in [0, 0.1) is 6.92 Å². The Hall–Kier alpha value is -1.77. The fourth-order valence-electron chi connectivity index (χ4n) is 1.91. The lowest BCUT2D eigenvalue weighted by Gasteiger charge is -2.19. The minimum atomic E-state index is 0.193. The third-order valence-electron chi connectivity index (χ3n) is 3.00. The van der Waals surface area contributed by atoms with Gasteiger partial charge in [0, 0.05) is 18.9 Å². The average molecular weight is 243 g/mol. The Morgan fingerprint density at radius 3 is 2.17 bits per heavy atom. The van der Waals surface area contributed by atoms with Crippen molar-refractivity contribution in [2.24, 2.45) is 7.05 Å². The molecule has 0 saturated carbocycles. The molecule has 1 heterocycles. The molecule has 0 saturated heterocycles. The van der Waals surface area contributed by atoms with E-state index in [9.17, 15) is 0 Å². The van der Waals surface area contributed by atoms with Gasteiger partial charge in [0.25, 0.3) is 0 Å². The fourth-order valence-corrected chi connectivity index (χ4v) is 1.91. The van der Waals surface area contributed by atoms with Gasteiger partial charge >= 0.3 is 0 Å². The number of aryl methyl sites for hydroxylation is 2. The lowest BCUT2D eigenvalue weighted by atomic mass is 9.87. The first-order valence-electron chi connectivity index (χ1n) is 6.24. The van der Waals surface area contributed by atoms with Crippen molar-refractivity contribution >= 4 is 11.6 Å². The van der Waals surface area contributed by atoms with Crippen molar-refractivity contribution < 1.29 is 0 Å². The SMILES string of the molecule is Cc1cn(C)c(Nc2ccc(C(C)(C)C)cc2)n1. The van der Waals surface area contributed by atoms with Crippen molar-refractivity contribution in [3.63, 3.8) is 0 Å². The van der Waals surface area contributed by atoms with Gasteiger partial charge in [-0.3, -0.25) is 0 Å². The standard InChI is InChI=1S/C15H21N3/c1-11-10-18(5)14(16-11)17-13-8-6-12(7-9-13)15(2,3)4/h6-10H,1-5H3,(H,16,17). The van der Waals surface area contributed by atoms with E-state index in [0.717, 1.165) is 17.3 Å². The van der Waals surface area contributed by atoms with Gasteiger partial charge in [-0.2, -0.15) is 0 Å². The molecule has 0 fully saturated rings. The first-order valence-corrected chi connectivity index (χ1v) is 6.24. The van der Waals surface area contributed by atoms with Crippen molar-refractivity contribution in [2.75, 3.05) is 5.32 Å². The largest absolute Gasteiger partial charge is 0.326 e. The van der Waals surface area contributed by atoms with Gasteiger partial charge in [0.05, 0.1) is 5.69 Å². The van der Waals surface area contributed by atoms with Crippen LogP contribution < -0.4 is 5.32 Å².